The van der Waals surface area contributed by atoms with Crippen molar-refractivity contribution in [3.8, 4) is 0 Å². The van der Waals surface area contributed by atoms with Gasteiger partial charge in [0.2, 0.25) is 0 Å². The maximum absolute atomic E-state index is 11.3. The van der Waals surface area contributed by atoms with Gasteiger partial charge in [-0.3, -0.25) is 4.90 Å². The quantitative estimate of drug-likeness (QED) is 0.925. The number of aliphatic carboxylic acids is 1. The van der Waals surface area contributed by atoms with Gasteiger partial charge in [0.25, 0.3) is 0 Å². The van der Waals surface area contributed by atoms with E-state index in [1.54, 1.807) is 11.3 Å². The summed E-state index contributed by atoms with van der Waals surface area (Å²) in [4.78, 5) is 18.3. The highest BCUT2D eigenvalue weighted by molar-refractivity contribution is 7.09. The van der Waals surface area contributed by atoms with Crippen LogP contribution >= 0.6 is 11.3 Å². The first-order valence-corrected chi connectivity index (χ1v) is 8.10. The molecule has 1 saturated heterocycles. The topological polar surface area (TPSA) is 62.7 Å². The van der Waals surface area contributed by atoms with Crippen molar-refractivity contribution in [2.24, 2.45) is 0 Å². The molecule has 1 aromatic rings. The highest BCUT2D eigenvalue weighted by Crippen LogP contribution is 2.28. The minimum atomic E-state index is -1.00. The minimum absolute atomic E-state index is 0.0746. The van der Waals surface area contributed by atoms with E-state index in [0.29, 0.717) is 12.8 Å². The number of aromatic nitrogens is 1. The molecular formula is C15H24N2O3S. The van der Waals surface area contributed by atoms with E-state index in [1.165, 1.54) is 7.11 Å². The molecule has 1 fully saturated rings. The second kappa shape index (κ2) is 6.02. The van der Waals surface area contributed by atoms with Crippen LogP contribution in [-0.4, -0.2) is 46.8 Å². The predicted octanol–water partition coefficient (Wildman–Crippen LogP) is 2.51. The van der Waals surface area contributed by atoms with Crippen molar-refractivity contribution in [3.63, 3.8) is 0 Å². The summed E-state index contributed by atoms with van der Waals surface area (Å²) in [6, 6.07) is 0. The van der Waals surface area contributed by atoms with E-state index in [-0.39, 0.29) is 5.41 Å². The van der Waals surface area contributed by atoms with Gasteiger partial charge in [0.05, 0.1) is 12.2 Å². The normalized spacial score (nSPS) is 19.6. The molecule has 1 aromatic heterocycles. The van der Waals surface area contributed by atoms with Gasteiger partial charge in [-0.15, -0.1) is 11.3 Å². The average molecular weight is 312 g/mol. The maximum Gasteiger partial charge on any atom is 0.336 e. The zero-order valence-electron chi connectivity index (χ0n) is 13.2. The molecule has 2 heterocycles. The van der Waals surface area contributed by atoms with E-state index in [2.05, 4.69) is 31.1 Å². The van der Waals surface area contributed by atoms with Crippen LogP contribution in [0.2, 0.25) is 0 Å². The molecule has 0 saturated carbocycles. The number of rotatable bonds is 4. The molecule has 6 heteroatoms. The zero-order valence-corrected chi connectivity index (χ0v) is 14.0. The van der Waals surface area contributed by atoms with E-state index in [1.807, 2.05) is 0 Å². The molecule has 0 aliphatic carbocycles. The number of likely N-dealkylation sites (tertiary alicyclic amines) is 1. The minimum Gasteiger partial charge on any atom is -0.479 e. The third kappa shape index (κ3) is 3.62. The molecular weight excluding hydrogens is 288 g/mol. The van der Waals surface area contributed by atoms with Gasteiger partial charge >= 0.3 is 5.97 Å². The number of nitrogens with zero attached hydrogens (tertiary/aromatic N) is 2. The summed E-state index contributed by atoms with van der Waals surface area (Å²) < 4.78 is 5.25. The van der Waals surface area contributed by atoms with Gasteiger partial charge in [-0.1, -0.05) is 20.8 Å². The number of methoxy groups -OCH3 is 1. The largest absolute Gasteiger partial charge is 0.479 e. The first-order chi connectivity index (χ1) is 9.77. The van der Waals surface area contributed by atoms with Gasteiger partial charge in [0.1, 0.15) is 5.01 Å². The molecule has 0 unspecified atom stereocenters. The lowest BCUT2D eigenvalue weighted by Gasteiger charge is -2.37. The molecule has 2 rings (SSSR count). The zero-order chi connectivity index (χ0) is 15.7. The van der Waals surface area contributed by atoms with Gasteiger partial charge in [0, 0.05) is 31.0 Å². The molecule has 5 nitrogen and oxygen atoms in total. The van der Waals surface area contributed by atoms with Crippen LogP contribution < -0.4 is 0 Å². The number of thiazole rings is 1. The Morgan fingerprint density at radius 1 is 1.48 bits per heavy atom. The van der Waals surface area contributed by atoms with Crippen LogP contribution in [0.5, 0.6) is 0 Å². The number of piperidine rings is 1. The smallest absolute Gasteiger partial charge is 0.336 e. The summed E-state index contributed by atoms with van der Waals surface area (Å²) in [7, 11) is 1.49. The number of hydrogen-bond acceptors (Lipinski definition) is 5. The lowest BCUT2D eigenvalue weighted by atomic mass is 9.91. The van der Waals surface area contributed by atoms with Crippen LogP contribution in [0.4, 0.5) is 0 Å². The number of carboxylic acids is 1. The Kier molecular flexibility index (Phi) is 4.70. The molecule has 0 aromatic carbocycles. The third-order valence-electron chi connectivity index (χ3n) is 4.12. The highest BCUT2D eigenvalue weighted by Gasteiger charge is 2.41. The molecule has 0 spiro atoms. The lowest BCUT2D eigenvalue weighted by Crippen LogP contribution is -2.50. The predicted molar refractivity (Wildman–Crippen MR) is 82.7 cm³/mol. The Bertz CT molecular complexity index is 499. The number of carbonyl (C=O) groups is 1. The molecule has 1 aliphatic heterocycles. The van der Waals surface area contributed by atoms with Crippen molar-refractivity contribution in [2.45, 2.75) is 51.2 Å². The summed E-state index contributed by atoms with van der Waals surface area (Å²) in [6.07, 6.45) is 1.05. The van der Waals surface area contributed by atoms with E-state index >= 15 is 0 Å². The molecule has 1 N–H and O–H groups in total. The van der Waals surface area contributed by atoms with Crippen molar-refractivity contribution in [2.75, 3.05) is 20.2 Å². The van der Waals surface area contributed by atoms with Gasteiger partial charge in [-0.05, 0) is 12.8 Å². The van der Waals surface area contributed by atoms with Gasteiger partial charge in [0.15, 0.2) is 5.60 Å². The summed E-state index contributed by atoms with van der Waals surface area (Å²) in [5, 5.41) is 12.5. The van der Waals surface area contributed by atoms with Crippen molar-refractivity contribution >= 4 is 17.3 Å². The van der Waals surface area contributed by atoms with Crippen molar-refractivity contribution in [1.29, 1.82) is 0 Å². The third-order valence-corrected chi connectivity index (χ3v) is 4.96. The average Bonchev–Trinajstić information content (AvgIpc) is 2.88. The highest BCUT2D eigenvalue weighted by atomic mass is 32.1. The number of ether oxygens (including phenoxy) is 1. The SMILES string of the molecule is COC1(C(=O)O)CCN(Cc2nc(C(C)(C)C)cs2)CC1. The van der Waals surface area contributed by atoms with Crippen LogP contribution in [0.25, 0.3) is 0 Å². The van der Waals surface area contributed by atoms with Crippen LogP contribution in [0.15, 0.2) is 5.38 Å². The van der Waals surface area contributed by atoms with Gasteiger partial charge < -0.3 is 9.84 Å². The Labute approximate surface area is 129 Å². The molecule has 0 atom stereocenters. The summed E-state index contributed by atoms with van der Waals surface area (Å²) in [5.41, 5.74) is 0.192. The van der Waals surface area contributed by atoms with Crippen LogP contribution in [0.3, 0.4) is 0 Å². The second-order valence-electron chi connectivity index (χ2n) is 6.66. The van der Waals surface area contributed by atoms with Crippen molar-refractivity contribution in [1.82, 2.24) is 9.88 Å². The Balaban J connectivity index is 1.95. The summed E-state index contributed by atoms with van der Waals surface area (Å²) >= 11 is 1.68. The molecule has 0 bridgehead atoms. The van der Waals surface area contributed by atoms with Gasteiger partial charge in [-0.2, -0.15) is 0 Å². The monoisotopic (exact) mass is 312 g/mol. The fourth-order valence-corrected chi connectivity index (χ4v) is 3.56. The maximum atomic E-state index is 11.3. The van der Waals surface area contributed by atoms with Crippen molar-refractivity contribution < 1.29 is 14.6 Å². The Hall–Kier alpha value is -0.980. The van der Waals surface area contributed by atoms with E-state index in [9.17, 15) is 9.90 Å². The van der Waals surface area contributed by atoms with Crippen LogP contribution in [-0.2, 0) is 21.5 Å². The summed E-state index contributed by atoms with van der Waals surface area (Å²) in [5.74, 6) is -0.853. The van der Waals surface area contributed by atoms with Gasteiger partial charge in [-0.25, -0.2) is 9.78 Å². The molecule has 1 aliphatic rings. The Morgan fingerprint density at radius 3 is 2.52 bits per heavy atom. The molecule has 0 amide bonds. The standard InChI is InChI=1S/C15H24N2O3S/c1-14(2,3)11-10-21-12(16-11)9-17-7-5-15(20-4,6-8-17)13(18)19/h10H,5-9H2,1-4H3,(H,18,19). The van der Waals surface area contributed by atoms with E-state index < -0.39 is 11.6 Å². The number of hydrogen-bond donors (Lipinski definition) is 1. The first-order valence-electron chi connectivity index (χ1n) is 7.23. The molecule has 0 radical (unpaired) electrons. The van der Waals surface area contributed by atoms with Crippen LogP contribution in [0.1, 0.15) is 44.3 Å². The van der Waals surface area contributed by atoms with Crippen molar-refractivity contribution in [3.05, 3.63) is 16.1 Å². The fraction of sp³-hybridized carbons (Fsp3) is 0.733. The lowest BCUT2D eigenvalue weighted by molar-refractivity contribution is -0.168. The molecule has 21 heavy (non-hydrogen) atoms. The first kappa shape index (κ1) is 16.4. The van der Waals surface area contributed by atoms with Crippen LogP contribution in [0, 0.1) is 0 Å². The Morgan fingerprint density at radius 2 is 2.10 bits per heavy atom. The molecule has 118 valence electrons. The summed E-state index contributed by atoms with van der Waals surface area (Å²) in [6.45, 7) is 8.72. The van der Waals surface area contributed by atoms with E-state index in [0.717, 1.165) is 30.3 Å². The second-order valence-corrected chi connectivity index (χ2v) is 7.60. The van der Waals surface area contributed by atoms with E-state index in [4.69, 9.17) is 9.72 Å². The number of carboxylic acid groups (broad SMARTS) is 1. The fourth-order valence-electron chi connectivity index (χ4n) is 2.50.